The number of carboxylic acids is 1. The van der Waals surface area contributed by atoms with Crippen LogP contribution in [0.1, 0.15) is 27.3 Å². The number of rotatable bonds is 8. The number of aromatic nitrogens is 2. The maximum Gasteiger partial charge on any atom is 0.416 e. The Kier molecular flexibility index (Phi) is 8.06. The highest BCUT2D eigenvalue weighted by atomic mass is 35.5. The zero-order valence-electron chi connectivity index (χ0n) is 21.2. The molecule has 208 valence electrons. The topological polar surface area (TPSA) is 64.3 Å². The molecule has 10 heteroatoms. The summed E-state index contributed by atoms with van der Waals surface area (Å²) < 4.78 is 46.5. The first-order valence-electron chi connectivity index (χ1n) is 12.3. The molecule has 5 aromatic rings. The Bertz CT molecular complexity index is 1680. The Hall–Kier alpha value is -4.27. The fraction of sp³-hybridized carbons (Fsp3) is 0.0968. The average molecular weight is 597 g/mol. The molecule has 4 aromatic carbocycles. The van der Waals surface area contributed by atoms with Gasteiger partial charge in [-0.1, -0.05) is 59.6 Å². The maximum atomic E-state index is 12.9. The molecule has 1 aromatic heterocycles. The van der Waals surface area contributed by atoms with Crippen LogP contribution in [0.25, 0.3) is 22.4 Å². The maximum absolute atomic E-state index is 12.9. The fourth-order valence-corrected chi connectivity index (χ4v) is 4.73. The van der Waals surface area contributed by atoms with Crippen molar-refractivity contribution in [3.05, 3.63) is 130 Å². The number of ether oxygens (including phenoxy) is 1. The van der Waals surface area contributed by atoms with E-state index in [-0.39, 0.29) is 12.2 Å². The molecule has 0 unspecified atom stereocenters. The standard InChI is InChI=1S/C31H21Cl2F3N2O3/c32-24-11-14-26(27(33)15-24)28-17-38(16-19-1-3-22(4-2-19)30(39)40)29(37-28)18-41-25-12-7-21(8-13-25)20-5-9-23(10-6-20)31(34,35)36/h1-15,17H,16,18H2,(H,39,40). The van der Waals surface area contributed by atoms with E-state index < -0.39 is 17.7 Å². The minimum atomic E-state index is -4.39. The first kappa shape index (κ1) is 28.3. The Morgan fingerprint density at radius 1 is 0.878 bits per heavy atom. The van der Waals surface area contributed by atoms with E-state index in [2.05, 4.69) is 0 Å². The van der Waals surface area contributed by atoms with Crippen LogP contribution in [-0.4, -0.2) is 20.6 Å². The molecule has 5 rings (SSSR count). The molecule has 0 amide bonds. The van der Waals surface area contributed by atoms with E-state index in [4.69, 9.17) is 32.9 Å². The number of imidazole rings is 1. The highest BCUT2D eigenvalue weighted by Crippen LogP contribution is 2.32. The third-order valence-corrected chi connectivity index (χ3v) is 6.94. The first-order chi connectivity index (χ1) is 19.6. The molecule has 0 fully saturated rings. The zero-order valence-corrected chi connectivity index (χ0v) is 22.7. The van der Waals surface area contributed by atoms with E-state index in [1.165, 1.54) is 12.1 Å². The van der Waals surface area contributed by atoms with Gasteiger partial charge in [0.25, 0.3) is 0 Å². The second-order valence-corrected chi connectivity index (χ2v) is 10.0. The highest BCUT2D eigenvalue weighted by Gasteiger charge is 2.30. The van der Waals surface area contributed by atoms with Gasteiger partial charge in [-0.3, -0.25) is 0 Å². The van der Waals surface area contributed by atoms with Crippen molar-refractivity contribution in [3.8, 4) is 28.1 Å². The van der Waals surface area contributed by atoms with Crippen LogP contribution in [0.15, 0.2) is 97.2 Å². The van der Waals surface area contributed by atoms with Gasteiger partial charge in [-0.2, -0.15) is 13.2 Å². The molecule has 0 saturated carbocycles. The monoisotopic (exact) mass is 596 g/mol. The van der Waals surface area contributed by atoms with Crippen molar-refractivity contribution in [3.63, 3.8) is 0 Å². The first-order valence-corrected chi connectivity index (χ1v) is 13.1. The molecule has 0 atom stereocenters. The van der Waals surface area contributed by atoms with Gasteiger partial charge in [-0.25, -0.2) is 9.78 Å². The molecule has 41 heavy (non-hydrogen) atoms. The average Bonchev–Trinajstić information content (AvgIpc) is 3.34. The van der Waals surface area contributed by atoms with Crippen molar-refractivity contribution in [1.29, 1.82) is 0 Å². The molecule has 0 aliphatic carbocycles. The van der Waals surface area contributed by atoms with Crippen LogP contribution in [0.2, 0.25) is 10.0 Å². The van der Waals surface area contributed by atoms with Crippen LogP contribution < -0.4 is 4.74 Å². The zero-order chi connectivity index (χ0) is 29.1. The van der Waals surface area contributed by atoms with Gasteiger partial charge in [0.05, 0.1) is 21.8 Å². The van der Waals surface area contributed by atoms with Crippen molar-refractivity contribution >= 4 is 29.2 Å². The van der Waals surface area contributed by atoms with Crippen molar-refractivity contribution in [2.24, 2.45) is 0 Å². The lowest BCUT2D eigenvalue weighted by molar-refractivity contribution is -0.137. The van der Waals surface area contributed by atoms with Crippen molar-refractivity contribution < 1.29 is 27.8 Å². The summed E-state index contributed by atoms with van der Waals surface area (Å²) in [4.78, 5) is 16.0. The van der Waals surface area contributed by atoms with Crippen molar-refractivity contribution in [2.45, 2.75) is 19.3 Å². The highest BCUT2D eigenvalue weighted by molar-refractivity contribution is 6.36. The Labute approximate surface area is 243 Å². The largest absolute Gasteiger partial charge is 0.486 e. The normalized spacial score (nSPS) is 11.4. The van der Waals surface area contributed by atoms with Crippen LogP contribution in [0.4, 0.5) is 13.2 Å². The summed E-state index contributed by atoms with van der Waals surface area (Å²) in [6.07, 6.45) is -2.55. The van der Waals surface area contributed by atoms with E-state index in [0.29, 0.717) is 45.0 Å². The number of alkyl halides is 3. The minimum absolute atomic E-state index is 0.109. The van der Waals surface area contributed by atoms with E-state index in [0.717, 1.165) is 23.3 Å². The number of carbonyl (C=O) groups is 1. The third-order valence-electron chi connectivity index (χ3n) is 6.39. The second kappa shape index (κ2) is 11.7. The van der Waals surface area contributed by atoms with Gasteiger partial charge in [-0.05, 0) is 71.3 Å². The van der Waals surface area contributed by atoms with Gasteiger partial charge in [0.2, 0.25) is 0 Å². The predicted octanol–water partition coefficient (Wildman–Crippen LogP) is 8.87. The molecule has 0 radical (unpaired) electrons. The lowest BCUT2D eigenvalue weighted by Gasteiger charge is -2.11. The number of carboxylic acid groups (broad SMARTS) is 1. The molecule has 5 nitrogen and oxygen atoms in total. The van der Waals surface area contributed by atoms with Crippen LogP contribution >= 0.6 is 23.2 Å². The lowest BCUT2D eigenvalue weighted by Crippen LogP contribution is -2.08. The summed E-state index contributed by atoms with van der Waals surface area (Å²) in [6.45, 7) is 0.516. The van der Waals surface area contributed by atoms with Crippen LogP contribution in [0, 0.1) is 0 Å². The van der Waals surface area contributed by atoms with E-state index >= 15 is 0 Å². The van der Waals surface area contributed by atoms with E-state index in [1.807, 2.05) is 10.8 Å². The van der Waals surface area contributed by atoms with Crippen LogP contribution in [0.3, 0.4) is 0 Å². The van der Waals surface area contributed by atoms with Gasteiger partial charge in [-0.15, -0.1) is 0 Å². The summed E-state index contributed by atoms with van der Waals surface area (Å²) in [7, 11) is 0. The number of hydrogen-bond acceptors (Lipinski definition) is 3. The molecular weight excluding hydrogens is 576 g/mol. The molecule has 0 spiro atoms. The van der Waals surface area contributed by atoms with E-state index in [1.54, 1.807) is 66.7 Å². The van der Waals surface area contributed by atoms with Crippen LogP contribution in [-0.2, 0) is 19.3 Å². The molecular formula is C31H21Cl2F3N2O3. The number of nitrogens with zero attached hydrogens (tertiary/aromatic N) is 2. The number of halogens is 5. The SMILES string of the molecule is O=C(O)c1ccc(Cn2cc(-c3ccc(Cl)cc3Cl)nc2COc2ccc(-c3ccc(C(F)(F)F)cc3)cc2)cc1. The summed E-state index contributed by atoms with van der Waals surface area (Å²) in [5.74, 6) is 0.143. The van der Waals surface area contributed by atoms with Gasteiger partial charge in [0.15, 0.2) is 0 Å². The predicted molar refractivity (Wildman–Crippen MR) is 151 cm³/mol. The summed E-state index contributed by atoms with van der Waals surface area (Å²) in [6, 6.07) is 23.7. The summed E-state index contributed by atoms with van der Waals surface area (Å²) in [5.41, 5.74) is 3.06. The minimum Gasteiger partial charge on any atom is -0.486 e. The smallest absolute Gasteiger partial charge is 0.416 e. The lowest BCUT2D eigenvalue weighted by atomic mass is 10.0. The second-order valence-electron chi connectivity index (χ2n) is 9.18. The van der Waals surface area contributed by atoms with Gasteiger partial charge in [0, 0.05) is 23.3 Å². The number of benzene rings is 4. The van der Waals surface area contributed by atoms with Gasteiger partial charge >= 0.3 is 12.1 Å². The van der Waals surface area contributed by atoms with Crippen LogP contribution in [0.5, 0.6) is 5.75 Å². The third kappa shape index (κ3) is 6.73. The molecule has 1 N–H and O–H groups in total. The van der Waals surface area contributed by atoms with Gasteiger partial charge in [0.1, 0.15) is 18.2 Å². The van der Waals surface area contributed by atoms with Crippen molar-refractivity contribution in [1.82, 2.24) is 9.55 Å². The fourth-order valence-electron chi connectivity index (χ4n) is 4.23. The molecule has 0 bridgehead atoms. The number of hydrogen-bond donors (Lipinski definition) is 1. The molecule has 0 aliphatic heterocycles. The molecule has 0 aliphatic rings. The number of aromatic carboxylic acids is 1. The van der Waals surface area contributed by atoms with Crippen molar-refractivity contribution in [2.75, 3.05) is 0 Å². The summed E-state index contributed by atoms with van der Waals surface area (Å²) >= 11 is 12.5. The molecule has 1 heterocycles. The Balaban J connectivity index is 1.36. The Morgan fingerprint density at radius 3 is 2.10 bits per heavy atom. The molecule has 0 saturated heterocycles. The quantitative estimate of drug-likeness (QED) is 0.194. The van der Waals surface area contributed by atoms with E-state index in [9.17, 15) is 23.1 Å². The summed E-state index contributed by atoms with van der Waals surface area (Å²) in [5, 5.41) is 10.1. The van der Waals surface area contributed by atoms with Gasteiger partial charge < -0.3 is 14.4 Å². The Morgan fingerprint density at radius 2 is 1.51 bits per heavy atom.